The highest BCUT2D eigenvalue weighted by Crippen LogP contribution is 2.18. The van der Waals surface area contributed by atoms with E-state index >= 15 is 0 Å². The van der Waals surface area contributed by atoms with E-state index in [1.165, 1.54) is 212 Å². The smallest absolute Gasteiger partial charge is 0.306 e. The lowest BCUT2D eigenvalue weighted by molar-refractivity contribution is -0.161. The van der Waals surface area contributed by atoms with Gasteiger partial charge < -0.3 is 14.6 Å². The van der Waals surface area contributed by atoms with Crippen molar-refractivity contribution in [3.05, 3.63) is 158 Å². The molecule has 5 nitrogen and oxygen atoms in total. The van der Waals surface area contributed by atoms with Crippen molar-refractivity contribution in [2.24, 2.45) is 0 Å². The number of hydrogen-bond acceptors (Lipinski definition) is 5. The van der Waals surface area contributed by atoms with E-state index in [1.54, 1.807) is 0 Å². The Morgan fingerprint density at radius 2 is 0.435 bits per heavy atom. The minimum atomic E-state index is -0.780. The quantitative estimate of drug-likeness (QED) is 0.0373. The molecule has 524 valence electrons. The summed E-state index contributed by atoms with van der Waals surface area (Å²) < 4.78 is 10.8. The van der Waals surface area contributed by atoms with Gasteiger partial charge in [-0.05, 0) is 122 Å². The molecule has 0 aromatic rings. The summed E-state index contributed by atoms with van der Waals surface area (Å²) in [5.41, 5.74) is 0. The number of carbonyl (C=O) groups excluding carboxylic acids is 2. The van der Waals surface area contributed by atoms with E-state index in [1.807, 2.05) is 0 Å². The summed E-state index contributed by atoms with van der Waals surface area (Å²) >= 11 is 0. The SMILES string of the molecule is CC/C=C\C/C=C\C/C=C\C/C=C\C/C=C\C/C=C\C/C=C\CCCCCCCCCCCCCCCCCC(=O)OC(CO)COC(=O)CCCCCCCCCCCCCCCCCCCCCCCC/C=C\C/C=C\C/C=C\C/C=C\C/C=C\C/C=C\CC. The van der Waals surface area contributed by atoms with Crippen LogP contribution in [0.15, 0.2) is 158 Å². The first-order valence-electron chi connectivity index (χ1n) is 39.0. The second-order valence-electron chi connectivity index (χ2n) is 25.7. The molecule has 1 N–H and O–H groups in total. The molecule has 5 heteroatoms. The average Bonchev–Trinajstić information content (AvgIpc) is 3.70. The van der Waals surface area contributed by atoms with E-state index in [2.05, 4.69) is 172 Å². The monoisotopic (exact) mass is 1270 g/mol. The van der Waals surface area contributed by atoms with Crippen LogP contribution in [0.4, 0.5) is 0 Å². The molecular weight excluding hydrogens is 1120 g/mol. The minimum Gasteiger partial charge on any atom is -0.462 e. The first-order chi connectivity index (χ1) is 45.6. The highest BCUT2D eigenvalue weighted by atomic mass is 16.6. The van der Waals surface area contributed by atoms with Gasteiger partial charge in [-0.3, -0.25) is 9.59 Å². The first kappa shape index (κ1) is 87.5. The van der Waals surface area contributed by atoms with Gasteiger partial charge in [0.05, 0.1) is 6.61 Å². The molecule has 0 aliphatic heterocycles. The molecule has 0 fully saturated rings. The summed E-state index contributed by atoms with van der Waals surface area (Å²) in [7, 11) is 0. The number of carbonyl (C=O) groups is 2. The van der Waals surface area contributed by atoms with Gasteiger partial charge in [0.1, 0.15) is 6.61 Å². The largest absolute Gasteiger partial charge is 0.462 e. The molecule has 0 bridgehead atoms. The Morgan fingerprint density at radius 1 is 0.250 bits per heavy atom. The molecule has 1 unspecified atom stereocenters. The summed E-state index contributed by atoms with van der Waals surface area (Å²) in [6.45, 7) is 3.94. The Hall–Kier alpha value is -4.48. The normalized spacial score (nSPS) is 13.1. The number of aliphatic hydroxyl groups excluding tert-OH is 1. The van der Waals surface area contributed by atoms with Crippen LogP contribution in [-0.2, 0) is 19.1 Å². The second kappa shape index (κ2) is 80.8. The Bertz CT molecular complexity index is 1930. The Balaban J connectivity index is 3.45. The summed E-state index contributed by atoms with van der Waals surface area (Å²) in [5.74, 6) is -0.581. The van der Waals surface area contributed by atoms with E-state index in [-0.39, 0.29) is 25.2 Å². The van der Waals surface area contributed by atoms with Crippen molar-refractivity contribution in [2.75, 3.05) is 13.2 Å². The number of esters is 2. The first-order valence-corrected chi connectivity index (χ1v) is 39.0. The van der Waals surface area contributed by atoms with E-state index in [9.17, 15) is 14.7 Å². The molecule has 0 aliphatic rings. The number of unbranched alkanes of at least 4 members (excludes halogenated alkanes) is 37. The molecule has 0 amide bonds. The van der Waals surface area contributed by atoms with Crippen LogP contribution in [0.3, 0.4) is 0 Å². The van der Waals surface area contributed by atoms with E-state index in [0.29, 0.717) is 12.8 Å². The highest BCUT2D eigenvalue weighted by Gasteiger charge is 2.16. The molecule has 0 saturated heterocycles. The molecule has 0 radical (unpaired) electrons. The zero-order chi connectivity index (χ0) is 66.1. The Labute approximate surface area is 571 Å². The third-order valence-electron chi connectivity index (χ3n) is 16.8. The lowest BCUT2D eigenvalue weighted by atomic mass is 10.0. The van der Waals surface area contributed by atoms with Crippen molar-refractivity contribution in [3.8, 4) is 0 Å². The van der Waals surface area contributed by atoms with Gasteiger partial charge in [0.2, 0.25) is 0 Å². The van der Waals surface area contributed by atoms with Crippen molar-refractivity contribution in [1.82, 2.24) is 0 Å². The second-order valence-corrected chi connectivity index (χ2v) is 25.7. The molecular formula is C87H146O5. The molecule has 92 heavy (non-hydrogen) atoms. The fourth-order valence-corrected chi connectivity index (χ4v) is 11.1. The molecule has 0 rings (SSSR count). The van der Waals surface area contributed by atoms with Crippen LogP contribution in [-0.4, -0.2) is 36.4 Å². The minimum absolute atomic E-state index is 0.0678. The van der Waals surface area contributed by atoms with E-state index < -0.39 is 6.10 Å². The maximum atomic E-state index is 12.4. The lowest BCUT2D eigenvalue weighted by Gasteiger charge is -2.15. The van der Waals surface area contributed by atoms with E-state index in [0.717, 1.165) is 122 Å². The van der Waals surface area contributed by atoms with Crippen molar-refractivity contribution < 1.29 is 24.2 Å². The van der Waals surface area contributed by atoms with Crippen LogP contribution < -0.4 is 0 Å². The van der Waals surface area contributed by atoms with Crippen LogP contribution in [0.25, 0.3) is 0 Å². The predicted molar refractivity (Wildman–Crippen MR) is 407 cm³/mol. The summed E-state index contributed by atoms with van der Waals surface area (Å²) in [5, 5.41) is 9.73. The molecule has 0 aromatic heterocycles. The van der Waals surface area contributed by atoms with Crippen molar-refractivity contribution in [3.63, 3.8) is 0 Å². The maximum absolute atomic E-state index is 12.4. The lowest BCUT2D eigenvalue weighted by Crippen LogP contribution is -2.28. The van der Waals surface area contributed by atoms with Gasteiger partial charge in [-0.15, -0.1) is 0 Å². The molecule has 0 spiro atoms. The van der Waals surface area contributed by atoms with E-state index in [4.69, 9.17) is 9.47 Å². The number of rotatable bonds is 71. The standard InChI is InChI=1S/C87H146O5/c1-3-5-7-9-11-13-15-17-19-21-23-25-27-29-31-33-35-37-39-41-42-43-44-46-47-49-51-53-55-57-59-61-63-65-67-69-71-73-75-77-79-81-86(89)91-84-85(83-88)92-87(90)82-80-78-76-74-72-70-68-66-64-62-60-58-56-54-52-50-48-45-40-38-36-34-32-30-28-26-24-22-20-18-16-14-12-10-8-6-4-2/h5-8,11-14,17-20,23-26,29-32,35-38,45,48,85,88H,3-4,9-10,15-16,21-22,27-28,33-34,39-44,46-47,49-84H2,1-2H3/b7-5-,8-6-,13-11-,14-12-,19-17-,20-18-,25-23-,26-24-,31-29-,32-30-,37-35-,38-36-,48-45-. The van der Waals surface area contributed by atoms with Crippen molar-refractivity contribution in [1.29, 1.82) is 0 Å². The molecule has 0 heterocycles. The Kier molecular flexibility index (Phi) is 76.8. The maximum Gasteiger partial charge on any atom is 0.306 e. The van der Waals surface area contributed by atoms with Crippen LogP contribution in [0.1, 0.15) is 361 Å². The van der Waals surface area contributed by atoms with Crippen LogP contribution in [0, 0.1) is 0 Å². The topological polar surface area (TPSA) is 72.8 Å². The summed E-state index contributed by atoms with van der Waals surface area (Å²) in [6.07, 6.45) is 123. The zero-order valence-corrected chi connectivity index (χ0v) is 60.3. The van der Waals surface area contributed by atoms with Gasteiger partial charge in [0.25, 0.3) is 0 Å². The number of allylic oxidation sites excluding steroid dienone is 26. The number of hydrogen-bond donors (Lipinski definition) is 1. The molecule has 0 aliphatic carbocycles. The number of ether oxygens (including phenoxy) is 2. The molecule has 0 aromatic carbocycles. The van der Waals surface area contributed by atoms with Crippen molar-refractivity contribution >= 4 is 11.9 Å². The third-order valence-corrected chi connectivity index (χ3v) is 16.8. The fraction of sp³-hybridized carbons (Fsp3) is 0.678. The van der Waals surface area contributed by atoms with Crippen LogP contribution >= 0.6 is 0 Å². The molecule has 0 saturated carbocycles. The summed E-state index contributed by atoms with van der Waals surface area (Å²) in [6, 6.07) is 0. The highest BCUT2D eigenvalue weighted by molar-refractivity contribution is 5.70. The average molecular weight is 1270 g/mol. The molecule has 1 atom stereocenters. The number of aliphatic hydroxyl groups is 1. The fourth-order valence-electron chi connectivity index (χ4n) is 11.1. The summed E-state index contributed by atoms with van der Waals surface area (Å²) in [4.78, 5) is 24.7. The van der Waals surface area contributed by atoms with Gasteiger partial charge in [-0.25, -0.2) is 0 Å². The third kappa shape index (κ3) is 78.0. The van der Waals surface area contributed by atoms with Crippen LogP contribution in [0.5, 0.6) is 0 Å². The Morgan fingerprint density at radius 3 is 0.652 bits per heavy atom. The van der Waals surface area contributed by atoms with Gasteiger partial charge >= 0.3 is 11.9 Å². The van der Waals surface area contributed by atoms with Crippen molar-refractivity contribution in [2.45, 2.75) is 367 Å². The van der Waals surface area contributed by atoms with Gasteiger partial charge in [0.15, 0.2) is 6.10 Å². The van der Waals surface area contributed by atoms with Crippen LogP contribution in [0.2, 0.25) is 0 Å². The van der Waals surface area contributed by atoms with Gasteiger partial charge in [-0.2, -0.15) is 0 Å². The van der Waals surface area contributed by atoms with Gasteiger partial charge in [0, 0.05) is 12.8 Å². The zero-order valence-electron chi connectivity index (χ0n) is 60.3. The predicted octanol–water partition coefficient (Wildman–Crippen LogP) is 27.8. The van der Waals surface area contributed by atoms with Gasteiger partial charge in [-0.1, -0.05) is 384 Å².